The van der Waals surface area contributed by atoms with Crippen LogP contribution in [0.1, 0.15) is 49.4 Å². The van der Waals surface area contributed by atoms with Crippen LogP contribution in [0.25, 0.3) is 22.5 Å². The number of nitrogens with zero attached hydrogens (tertiary/aromatic N) is 1. The van der Waals surface area contributed by atoms with Gasteiger partial charge in [0.1, 0.15) is 0 Å². The van der Waals surface area contributed by atoms with Crippen LogP contribution in [0.2, 0.25) is 0 Å². The lowest BCUT2D eigenvalue weighted by Crippen LogP contribution is -2.23. The monoisotopic (exact) mass is 419 g/mol. The molecule has 5 heteroatoms. The van der Waals surface area contributed by atoms with Gasteiger partial charge in [0.25, 0.3) is 0 Å². The Bertz CT molecular complexity index is 1030. The Morgan fingerprint density at radius 3 is 2.23 bits per heavy atom. The molecule has 0 spiro atoms. The third kappa shape index (κ3) is 4.28. The standard InChI is InChI=1S/C26H29NO4/c1-3-30-25(29)26(15-16-26)22-13-11-20(12-14-22)19-7-9-21(10-8-19)24-23(6-4-5-17-28)18(2)27-31-24/h7-14,28H,3-6,15-17H2,1-2H3. The van der Waals surface area contributed by atoms with Crippen molar-refractivity contribution in [1.29, 1.82) is 0 Å². The molecule has 0 saturated heterocycles. The highest BCUT2D eigenvalue weighted by molar-refractivity contribution is 5.87. The second-order valence-electron chi connectivity index (χ2n) is 8.21. The van der Waals surface area contributed by atoms with E-state index in [0.29, 0.717) is 6.61 Å². The van der Waals surface area contributed by atoms with Gasteiger partial charge in [0.15, 0.2) is 5.76 Å². The summed E-state index contributed by atoms with van der Waals surface area (Å²) in [6.07, 6.45) is 4.24. The van der Waals surface area contributed by atoms with Gasteiger partial charge in [-0.3, -0.25) is 4.79 Å². The minimum absolute atomic E-state index is 0.107. The molecule has 0 aliphatic heterocycles. The zero-order valence-electron chi connectivity index (χ0n) is 18.2. The largest absolute Gasteiger partial charge is 0.465 e. The number of hydrogen-bond acceptors (Lipinski definition) is 5. The third-order valence-corrected chi connectivity index (χ3v) is 6.15. The number of hydrogen-bond donors (Lipinski definition) is 1. The Kier molecular flexibility index (Phi) is 6.23. The van der Waals surface area contributed by atoms with Crippen LogP contribution in [-0.4, -0.2) is 29.4 Å². The predicted molar refractivity (Wildman–Crippen MR) is 120 cm³/mol. The van der Waals surface area contributed by atoms with Crippen LogP contribution < -0.4 is 0 Å². The lowest BCUT2D eigenvalue weighted by Gasteiger charge is -2.14. The highest BCUT2D eigenvalue weighted by Crippen LogP contribution is 2.49. The molecule has 0 bridgehead atoms. The van der Waals surface area contributed by atoms with Gasteiger partial charge in [-0.1, -0.05) is 53.7 Å². The first kappa shape index (κ1) is 21.3. The van der Waals surface area contributed by atoms with Crippen LogP contribution >= 0.6 is 0 Å². The molecule has 1 N–H and O–H groups in total. The number of benzene rings is 2. The van der Waals surface area contributed by atoms with E-state index in [1.54, 1.807) is 0 Å². The van der Waals surface area contributed by atoms with Gasteiger partial charge in [0, 0.05) is 17.7 Å². The molecule has 31 heavy (non-hydrogen) atoms. The van der Waals surface area contributed by atoms with Crippen LogP contribution in [0, 0.1) is 6.92 Å². The van der Waals surface area contributed by atoms with E-state index in [9.17, 15) is 4.79 Å². The van der Waals surface area contributed by atoms with Crippen molar-refractivity contribution in [3.8, 4) is 22.5 Å². The second kappa shape index (κ2) is 9.06. The number of ether oxygens (including phenoxy) is 1. The summed E-state index contributed by atoms with van der Waals surface area (Å²) in [5.74, 6) is 0.701. The molecule has 1 aromatic heterocycles. The molecule has 0 atom stereocenters. The second-order valence-corrected chi connectivity index (χ2v) is 8.21. The molecular formula is C26H29NO4. The smallest absolute Gasteiger partial charge is 0.316 e. The molecule has 0 radical (unpaired) electrons. The zero-order chi connectivity index (χ0) is 21.8. The van der Waals surface area contributed by atoms with Gasteiger partial charge < -0.3 is 14.4 Å². The average Bonchev–Trinajstić information content (AvgIpc) is 3.53. The lowest BCUT2D eigenvalue weighted by atomic mass is 9.93. The molecule has 0 unspecified atom stereocenters. The van der Waals surface area contributed by atoms with Crippen molar-refractivity contribution < 1.29 is 19.2 Å². The minimum Gasteiger partial charge on any atom is -0.465 e. The first-order valence-electron chi connectivity index (χ1n) is 11.0. The fraction of sp³-hybridized carbons (Fsp3) is 0.385. The van der Waals surface area contributed by atoms with Gasteiger partial charge in [0.05, 0.1) is 17.7 Å². The van der Waals surface area contributed by atoms with E-state index in [1.807, 2.05) is 26.0 Å². The first-order chi connectivity index (χ1) is 15.1. The summed E-state index contributed by atoms with van der Waals surface area (Å²) in [7, 11) is 0. The number of unbranched alkanes of at least 4 members (excludes halogenated alkanes) is 1. The lowest BCUT2D eigenvalue weighted by molar-refractivity contribution is -0.146. The molecule has 3 aromatic rings. The summed E-state index contributed by atoms with van der Waals surface area (Å²) >= 11 is 0. The van der Waals surface area contributed by atoms with Gasteiger partial charge >= 0.3 is 5.97 Å². The summed E-state index contributed by atoms with van der Waals surface area (Å²) in [6.45, 7) is 4.42. The number of aliphatic hydroxyl groups is 1. The molecule has 1 heterocycles. The minimum atomic E-state index is -0.436. The quantitative estimate of drug-likeness (QED) is 0.380. The van der Waals surface area contributed by atoms with Crippen molar-refractivity contribution in [2.75, 3.05) is 13.2 Å². The molecule has 1 aliphatic carbocycles. The van der Waals surface area contributed by atoms with Crippen molar-refractivity contribution in [3.05, 3.63) is 65.4 Å². The van der Waals surface area contributed by atoms with Gasteiger partial charge in [-0.2, -0.15) is 0 Å². The van der Waals surface area contributed by atoms with Gasteiger partial charge in [-0.25, -0.2) is 0 Å². The maximum absolute atomic E-state index is 12.3. The number of aromatic nitrogens is 1. The SMILES string of the molecule is CCOC(=O)C1(c2ccc(-c3ccc(-c4onc(C)c4CCCCO)cc3)cc2)CC1. The maximum Gasteiger partial charge on any atom is 0.316 e. The molecule has 5 nitrogen and oxygen atoms in total. The van der Waals surface area contributed by atoms with Crippen LogP contribution in [0.5, 0.6) is 0 Å². The van der Waals surface area contributed by atoms with Gasteiger partial charge in [-0.15, -0.1) is 0 Å². The summed E-state index contributed by atoms with van der Waals surface area (Å²) < 4.78 is 10.9. The predicted octanol–water partition coefficient (Wildman–Crippen LogP) is 5.23. The number of carbonyl (C=O) groups is 1. The van der Waals surface area contributed by atoms with Crippen molar-refractivity contribution in [1.82, 2.24) is 5.16 Å². The molecule has 2 aromatic carbocycles. The van der Waals surface area contributed by atoms with E-state index in [1.165, 1.54) is 0 Å². The van der Waals surface area contributed by atoms with E-state index in [-0.39, 0.29) is 12.6 Å². The van der Waals surface area contributed by atoms with E-state index < -0.39 is 5.41 Å². The van der Waals surface area contributed by atoms with Gasteiger partial charge in [0.2, 0.25) is 0 Å². The molecule has 1 fully saturated rings. The highest BCUT2D eigenvalue weighted by Gasteiger charge is 2.52. The number of aliphatic hydroxyl groups excluding tert-OH is 1. The number of esters is 1. The Morgan fingerprint density at radius 1 is 1.03 bits per heavy atom. The molecule has 1 aliphatic rings. The van der Waals surface area contributed by atoms with Crippen LogP contribution in [0.4, 0.5) is 0 Å². The van der Waals surface area contributed by atoms with Crippen molar-refractivity contribution in [3.63, 3.8) is 0 Å². The highest BCUT2D eigenvalue weighted by atomic mass is 16.5. The number of carbonyl (C=O) groups excluding carboxylic acids is 1. The van der Waals surface area contributed by atoms with E-state index in [2.05, 4.69) is 41.6 Å². The normalized spacial score (nSPS) is 14.4. The maximum atomic E-state index is 12.3. The third-order valence-electron chi connectivity index (χ3n) is 6.15. The van der Waals surface area contributed by atoms with E-state index in [0.717, 1.165) is 71.4 Å². The Labute approximate surface area is 183 Å². The van der Waals surface area contributed by atoms with Crippen LogP contribution in [-0.2, 0) is 21.4 Å². The summed E-state index contributed by atoms with van der Waals surface area (Å²) in [5.41, 5.74) is 5.83. The molecular weight excluding hydrogens is 390 g/mol. The van der Waals surface area contributed by atoms with E-state index in [4.69, 9.17) is 14.4 Å². The average molecular weight is 420 g/mol. The molecule has 162 valence electrons. The topological polar surface area (TPSA) is 72.6 Å². The van der Waals surface area contributed by atoms with Crippen molar-refractivity contribution in [2.24, 2.45) is 0 Å². The summed E-state index contributed by atoms with van der Waals surface area (Å²) in [6, 6.07) is 16.5. The van der Waals surface area contributed by atoms with Crippen molar-refractivity contribution in [2.45, 2.75) is 51.4 Å². The molecule has 1 saturated carbocycles. The summed E-state index contributed by atoms with van der Waals surface area (Å²) in [5, 5.41) is 13.2. The van der Waals surface area contributed by atoms with Crippen LogP contribution in [0.3, 0.4) is 0 Å². The van der Waals surface area contributed by atoms with Gasteiger partial charge in [-0.05, 0) is 62.6 Å². The van der Waals surface area contributed by atoms with Crippen molar-refractivity contribution >= 4 is 5.97 Å². The Hall–Kier alpha value is -2.92. The number of rotatable bonds is 9. The summed E-state index contributed by atoms with van der Waals surface area (Å²) in [4.78, 5) is 12.3. The molecule has 4 rings (SSSR count). The number of aryl methyl sites for hydroxylation is 1. The fourth-order valence-corrected chi connectivity index (χ4v) is 4.12. The van der Waals surface area contributed by atoms with E-state index >= 15 is 0 Å². The first-order valence-corrected chi connectivity index (χ1v) is 11.0. The zero-order valence-corrected chi connectivity index (χ0v) is 18.2. The Balaban J connectivity index is 1.51. The Morgan fingerprint density at radius 2 is 1.65 bits per heavy atom. The van der Waals surface area contributed by atoms with Crippen LogP contribution in [0.15, 0.2) is 53.1 Å². The fourth-order valence-electron chi connectivity index (χ4n) is 4.12. The molecule has 0 amide bonds.